The number of hydrogen-bond acceptors (Lipinski definition) is 3. The predicted octanol–water partition coefficient (Wildman–Crippen LogP) is 3.78. The first-order chi connectivity index (χ1) is 10.6. The molecule has 0 aliphatic heterocycles. The lowest BCUT2D eigenvalue weighted by molar-refractivity contribution is -0.139. The number of carbonyl (C=O) groups is 1. The van der Waals surface area contributed by atoms with Gasteiger partial charge in [-0.1, -0.05) is 41.4 Å². The second-order valence-electron chi connectivity index (χ2n) is 5.11. The van der Waals surface area contributed by atoms with E-state index in [9.17, 15) is 9.90 Å². The molecular formula is C17H19BrN2O2. The monoisotopic (exact) mass is 362 g/mol. The fourth-order valence-corrected chi connectivity index (χ4v) is 2.63. The molecule has 116 valence electrons. The highest BCUT2D eigenvalue weighted by atomic mass is 79.9. The van der Waals surface area contributed by atoms with E-state index in [1.54, 1.807) is 12.4 Å². The van der Waals surface area contributed by atoms with E-state index in [4.69, 9.17) is 0 Å². The quantitative estimate of drug-likeness (QED) is 0.786. The molecule has 2 rings (SSSR count). The van der Waals surface area contributed by atoms with Crippen molar-refractivity contribution in [3.8, 4) is 0 Å². The van der Waals surface area contributed by atoms with E-state index >= 15 is 0 Å². The topological polar surface area (TPSA) is 62.2 Å². The summed E-state index contributed by atoms with van der Waals surface area (Å²) >= 11 is 3.43. The molecule has 1 aromatic heterocycles. The highest BCUT2D eigenvalue weighted by molar-refractivity contribution is 9.10. The van der Waals surface area contributed by atoms with Crippen LogP contribution in [0.2, 0.25) is 0 Å². The van der Waals surface area contributed by atoms with Gasteiger partial charge in [0.05, 0.1) is 6.04 Å². The molecule has 0 amide bonds. The summed E-state index contributed by atoms with van der Waals surface area (Å²) in [6.07, 6.45) is 4.84. The Morgan fingerprint density at radius 1 is 1.18 bits per heavy atom. The smallest absolute Gasteiger partial charge is 0.320 e. The maximum Gasteiger partial charge on any atom is 0.320 e. The molecule has 0 fully saturated rings. The summed E-state index contributed by atoms with van der Waals surface area (Å²) in [5.41, 5.74) is 2.02. The van der Waals surface area contributed by atoms with Crippen molar-refractivity contribution in [1.29, 1.82) is 0 Å². The molecule has 1 heterocycles. The van der Waals surface area contributed by atoms with Crippen molar-refractivity contribution in [2.75, 3.05) is 0 Å². The van der Waals surface area contributed by atoms with Crippen molar-refractivity contribution in [2.24, 2.45) is 0 Å². The van der Waals surface area contributed by atoms with E-state index in [2.05, 4.69) is 26.2 Å². The number of carboxylic acids is 1. The third-order valence-electron chi connectivity index (χ3n) is 3.49. The van der Waals surface area contributed by atoms with Crippen LogP contribution in [0.5, 0.6) is 0 Å². The molecule has 1 aromatic carbocycles. The zero-order chi connectivity index (χ0) is 15.9. The molecule has 0 aliphatic rings. The van der Waals surface area contributed by atoms with Crippen molar-refractivity contribution < 1.29 is 9.90 Å². The summed E-state index contributed by atoms with van der Waals surface area (Å²) in [4.78, 5) is 15.5. The van der Waals surface area contributed by atoms with E-state index in [0.717, 1.165) is 22.0 Å². The van der Waals surface area contributed by atoms with Crippen LogP contribution in [0.3, 0.4) is 0 Å². The fraction of sp³-hybridized carbons (Fsp3) is 0.294. The number of benzene rings is 1. The normalized spacial score (nSPS) is 13.5. The number of rotatable bonds is 7. The SMILES string of the molecule is CCCC(NC(c1ccncc1)c1ccc(Br)cc1)C(=O)O. The number of aromatic nitrogens is 1. The second-order valence-corrected chi connectivity index (χ2v) is 6.03. The van der Waals surface area contributed by atoms with Crippen molar-refractivity contribution >= 4 is 21.9 Å². The van der Waals surface area contributed by atoms with Crippen LogP contribution < -0.4 is 5.32 Å². The van der Waals surface area contributed by atoms with Crippen molar-refractivity contribution in [3.63, 3.8) is 0 Å². The molecule has 0 saturated carbocycles. The van der Waals surface area contributed by atoms with E-state index < -0.39 is 12.0 Å². The van der Waals surface area contributed by atoms with Crippen LogP contribution in [0.25, 0.3) is 0 Å². The lowest BCUT2D eigenvalue weighted by Gasteiger charge is -2.24. The summed E-state index contributed by atoms with van der Waals surface area (Å²) in [5, 5.41) is 12.7. The van der Waals surface area contributed by atoms with Crippen molar-refractivity contribution in [2.45, 2.75) is 31.8 Å². The summed E-state index contributed by atoms with van der Waals surface area (Å²) in [7, 11) is 0. The molecule has 0 spiro atoms. The van der Waals surface area contributed by atoms with Gasteiger partial charge in [0.15, 0.2) is 0 Å². The van der Waals surface area contributed by atoms with Crippen LogP contribution in [0.1, 0.15) is 36.9 Å². The molecular weight excluding hydrogens is 344 g/mol. The summed E-state index contributed by atoms with van der Waals surface area (Å²) in [6.45, 7) is 1.98. The van der Waals surface area contributed by atoms with Gasteiger partial charge in [0, 0.05) is 16.9 Å². The Hall–Kier alpha value is -1.72. The first kappa shape index (κ1) is 16.6. The Balaban J connectivity index is 2.33. The molecule has 2 unspecified atom stereocenters. The number of nitrogens with zero attached hydrogens (tertiary/aromatic N) is 1. The second kappa shape index (κ2) is 8.06. The predicted molar refractivity (Wildman–Crippen MR) is 89.7 cm³/mol. The fourth-order valence-electron chi connectivity index (χ4n) is 2.36. The highest BCUT2D eigenvalue weighted by Crippen LogP contribution is 2.24. The van der Waals surface area contributed by atoms with Gasteiger partial charge >= 0.3 is 5.97 Å². The Kier molecular flexibility index (Phi) is 6.10. The van der Waals surface area contributed by atoms with E-state index in [1.807, 2.05) is 43.3 Å². The zero-order valence-electron chi connectivity index (χ0n) is 12.4. The first-order valence-electron chi connectivity index (χ1n) is 7.26. The molecule has 22 heavy (non-hydrogen) atoms. The number of carboxylic acid groups (broad SMARTS) is 1. The third kappa shape index (κ3) is 4.39. The van der Waals surface area contributed by atoms with E-state index in [0.29, 0.717) is 6.42 Å². The van der Waals surface area contributed by atoms with Gasteiger partial charge in [-0.25, -0.2) is 0 Å². The van der Waals surface area contributed by atoms with Crippen molar-refractivity contribution in [3.05, 3.63) is 64.4 Å². The average molecular weight is 363 g/mol. The van der Waals surface area contributed by atoms with Crippen LogP contribution in [0.4, 0.5) is 0 Å². The summed E-state index contributed by atoms with van der Waals surface area (Å²) < 4.78 is 0.994. The highest BCUT2D eigenvalue weighted by Gasteiger charge is 2.23. The van der Waals surface area contributed by atoms with Crippen LogP contribution in [0, 0.1) is 0 Å². The Labute approximate surface area is 138 Å². The van der Waals surface area contributed by atoms with Crippen molar-refractivity contribution in [1.82, 2.24) is 10.3 Å². The van der Waals surface area contributed by atoms with Gasteiger partial charge in [-0.05, 0) is 41.8 Å². The number of halogens is 1. The third-order valence-corrected chi connectivity index (χ3v) is 4.01. The lowest BCUT2D eigenvalue weighted by Crippen LogP contribution is -2.39. The number of pyridine rings is 1. The first-order valence-corrected chi connectivity index (χ1v) is 8.05. The van der Waals surface area contributed by atoms with Gasteiger partial charge in [-0.2, -0.15) is 0 Å². The number of aliphatic carboxylic acids is 1. The molecule has 0 saturated heterocycles. The van der Waals surface area contributed by atoms with Gasteiger partial charge in [0.2, 0.25) is 0 Å². The maximum atomic E-state index is 11.5. The van der Waals surface area contributed by atoms with Gasteiger partial charge in [-0.15, -0.1) is 0 Å². The molecule has 2 aromatic rings. The molecule has 2 N–H and O–H groups in total. The average Bonchev–Trinajstić information content (AvgIpc) is 2.53. The van der Waals surface area contributed by atoms with Crippen LogP contribution in [-0.2, 0) is 4.79 Å². The number of nitrogens with one attached hydrogen (secondary N) is 1. The van der Waals surface area contributed by atoms with Gasteiger partial charge < -0.3 is 5.11 Å². The minimum Gasteiger partial charge on any atom is -0.480 e. The molecule has 0 radical (unpaired) electrons. The molecule has 0 aliphatic carbocycles. The molecule has 4 nitrogen and oxygen atoms in total. The van der Waals surface area contributed by atoms with Crippen LogP contribution >= 0.6 is 15.9 Å². The minimum absolute atomic E-state index is 0.177. The van der Waals surface area contributed by atoms with E-state index in [-0.39, 0.29) is 6.04 Å². The standard InChI is InChI=1S/C17H19BrN2O2/c1-2-3-15(17(21)22)20-16(13-8-10-19-11-9-13)12-4-6-14(18)7-5-12/h4-11,15-16,20H,2-3H2,1H3,(H,21,22). The van der Waals surface area contributed by atoms with Crippen LogP contribution in [-0.4, -0.2) is 22.1 Å². The minimum atomic E-state index is -0.821. The number of hydrogen-bond donors (Lipinski definition) is 2. The van der Waals surface area contributed by atoms with Crippen LogP contribution in [0.15, 0.2) is 53.3 Å². The molecule has 5 heteroatoms. The molecule has 0 bridgehead atoms. The Morgan fingerprint density at radius 2 is 1.77 bits per heavy atom. The lowest BCUT2D eigenvalue weighted by atomic mass is 9.98. The largest absolute Gasteiger partial charge is 0.480 e. The van der Waals surface area contributed by atoms with E-state index in [1.165, 1.54) is 0 Å². The van der Waals surface area contributed by atoms with Gasteiger partial charge in [-0.3, -0.25) is 15.1 Å². The van der Waals surface area contributed by atoms with Gasteiger partial charge in [0.1, 0.15) is 6.04 Å². The summed E-state index contributed by atoms with van der Waals surface area (Å²) in [5.74, 6) is -0.821. The Bertz CT molecular complexity index is 602. The zero-order valence-corrected chi connectivity index (χ0v) is 14.0. The molecule has 2 atom stereocenters. The maximum absolute atomic E-state index is 11.5. The summed E-state index contributed by atoms with van der Waals surface area (Å²) in [6, 6.07) is 11.0. The Morgan fingerprint density at radius 3 is 2.32 bits per heavy atom. The van der Waals surface area contributed by atoms with Gasteiger partial charge in [0.25, 0.3) is 0 Å².